The average Bonchev–Trinajstić information content (AvgIpc) is 2.95. The zero-order valence-corrected chi connectivity index (χ0v) is 23.6. The Morgan fingerprint density at radius 1 is 1.05 bits per heavy atom. The SMILES string of the molecule is COc1cc(N2CCC(N(C)C)CC2)ccc1Nc1cc2c(nn1)CCCN2[C@H](C)c1c(F)ccc(F)c1Cl. The lowest BCUT2D eigenvalue weighted by Gasteiger charge is -2.36. The zero-order chi connectivity index (χ0) is 27.7. The number of methoxy groups -OCH3 is 1. The van der Waals surface area contributed by atoms with Crippen LogP contribution in [0.5, 0.6) is 5.75 Å². The van der Waals surface area contributed by atoms with Crippen LogP contribution in [0.15, 0.2) is 36.4 Å². The second-order valence-electron chi connectivity index (χ2n) is 10.5. The van der Waals surface area contributed by atoms with Crippen LogP contribution in [0.3, 0.4) is 0 Å². The largest absolute Gasteiger partial charge is 0.494 e. The molecule has 0 aliphatic carbocycles. The van der Waals surface area contributed by atoms with E-state index < -0.39 is 17.7 Å². The van der Waals surface area contributed by atoms with Crippen LogP contribution in [-0.2, 0) is 6.42 Å². The fourth-order valence-corrected chi connectivity index (χ4v) is 5.99. The molecule has 1 N–H and O–H groups in total. The normalized spacial score (nSPS) is 16.8. The van der Waals surface area contributed by atoms with E-state index in [1.54, 1.807) is 7.11 Å². The molecule has 0 bridgehead atoms. The molecule has 2 aliphatic heterocycles. The molecular weight excluding hydrogens is 522 g/mol. The standard InChI is InChI=1S/C29H35ClF2N6O/c1-18(28-21(31)8-9-22(32)29(28)30)38-13-5-6-23-25(38)17-27(35-34-23)33-24-10-7-20(16-26(24)39-4)37-14-11-19(12-15-37)36(2)3/h7-10,16-19H,5-6,11-15H2,1-4H3,(H,33,35)/t18-/m1/s1. The van der Waals surface area contributed by atoms with E-state index in [0.29, 0.717) is 24.2 Å². The summed E-state index contributed by atoms with van der Waals surface area (Å²) < 4.78 is 34.7. The molecule has 0 amide bonds. The number of aromatic nitrogens is 2. The molecule has 2 aromatic carbocycles. The van der Waals surface area contributed by atoms with E-state index in [1.807, 2.05) is 30.0 Å². The molecule has 10 heteroatoms. The molecule has 0 radical (unpaired) electrons. The first-order valence-electron chi connectivity index (χ1n) is 13.4. The molecule has 5 rings (SSSR count). The van der Waals surface area contributed by atoms with Crippen LogP contribution in [0.1, 0.15) is 43.5 Å². The summed E-state index contributed by atoms with van der Waals surface area (Å²) in [5.41, 5.74) is 3.68. The Morgan fingerprint density at radius 3 is 2.51 bits per heavy atom. The maximum atomic E-state index is 14.7. The maximum Gasteiger partial charge on any atom is 0.155 e. The van der Waals surface area contributed by atoms with Crippen molar-refractivity contribution in [3.63, 3.8) is 0 Å². The van der Waals surface area contributed by atoms with Crippen LogP contribution in [0.25, 0.3) is 0 Å². The minimum absolute atomic E-state index is 0.141. The van der Waals surface area contributed by atoms with Crippen molar-refractivity contribution in [1.29, 1.82) is 0 Å². The van der Waals surface area contributed by atoms with Gasteiger partial charge in [0.2, 0.25) is 0 Å². The molecule has 0 saturated carbocycles. The van der Waals surface area contributed by atoms with Crippen LogP contribution in [-0.4, -0.2) is 62.0 Å². The second kappa shape index (κ2) is 11.5. The third-order valence-corrected chi connectivity index (χ3v) is 8.33. The number of benzene rings is 2. The first-order valence-corrected chi connectivity index (χ1v) is 13.8. The fraction of sp³-hybridized carbons (Fsp3) is 0.448. The summed E-state index contributed by atoms with van der Waals surface area (Å²) >= 11 is 6.20. The van der Waals surface area contributed by atoms with Gasteiger partial charge < -0.3 is 24.8 Å². The number of rotatable bonds is 7. The summed E-state index contributed by atoms with van der Waals surface area (Å²) in [6.07, 6.45) is 3.83. The van der Waals surface area contributed by atoms with Crippen molar-refractivity contribution in [3.05, 3.63) is 64.3 Å². The smallest absolute Gasteiger partial charge is 0.155 e. The molecule has 3 heterocycles. The number of nitrogens with one attached hydrogen (secondary N) is 1. The molecule has 1 saturated heterocycles. The highest BCUT2D eigenvalue weighted by molar-refractivity contribution is 6.31. The van der Waals surface area contributed by atoms with Gasteiger partial charge in [-0.05, 0) is 71.0 Å². The summed E-state index contributed by atoms with van der Waals surface area (Å²) in [6, 6.07) is 10.3. The van der Waals surface area contributed by atoms with Gasteiger partial charge in [-0.25, -0.2) is 8.78 Å². The van der Waals surface area contributed by atoms with E-state index in [1.165, 1.54) is 0 Å². The van der Waals surface area contributed by atoms with Gasteiger partial charge >= 0.3 is 0 Å². The van der Waals surface area contributed by atoms with Crippen molar-refractivity contribution < 1.29 is 13.5 Å². The van der Waals surface area contributed by atoms with Crippen LogP contribution in [0.2, 0.25) is 5.02 Å². The Kier molecular flexibility index (Phi) is 8.09. The Morgan fingerprint density at radius 2 is 1.79 bits per heavy atom. The van der Waals surface area contributed by atoms with Crippen molar-refractivity contribution in [2.45, 2.75) is 44.7 Å². The molecule has 208 valence electrons. The van der Waals surface area contributed by atoms with E-state index in [-0.39, 0.29) is 10.6 Å². The molecule has 0 spiro atoms. The Labute approximate surface area is 233 Å². The lowest BCUT2D eigenvalue weighted by molar-refractivity contribution is 0.249. The molecule has 0 unspecified atom stereocenters. The van der Waals surface area contributed by atoms with Crippen molar-refractivity contribution in [3.8, 4) is 5.75 Å². The van der Waals surface area contributed by atoms with Gasteiger partial charge in [-0.15, -0.1) is 5.10 Å². The van der Waals surface area contributed by atoms with Gasteiger partial charge in [-0.2, -0.15) is 5.10 Å². The lowest BCUT2D eigenvalue weighted by Crippen LogP contribution is -2.41. The number of nitrogens with zero attached hydrogens (tertiary/aromatic N) is 5. The molecular formula is C29H35ClF2N6O. The first kappa shape index (κ1) is 27.4. The van der Waals surface area contributed by atoms with E-state index >= 15 is 0 Å². The molecule has 39 heavy (non-hydrogen) atoms. The predicted molar refractivity (Wildman–Crippen MR) is 153 cm³/mol. The highest BCUT2D eigenvalue weighted by atomic mass is 35.5. The maximum absolute atomic E-state index is 14.7. The topological polar surface area (TPSA) is 56.8 Å². The molecule has 7 nitrogen and oxygen atoms in total. The van der Waals surface area contributed by atoms with Crippen molar-refractivity contribution in [2.24, 2.45) is 0 Å². The van der Waals surface area contributed by atoms with Crippen LogP contribution < -0.4 is 19.9 Å². The Bertz CT molecular complexity index is 1330. The summed E-state index contributed by atoms with van der Waals surface area (Å²) in [7, 11) is 5.94. The minimum Gasteiger partial charge on any atom is -0.494 e. The minimum atomic E-state index is -0.634. The number of ether oxygens (including phenoxy) is 1. The summed E-state index contributed by atoms with van der Waals surface area (Å²) in [4.78, 5) is 6.71. The Hall–Kier alpha value is -3.17. The van der Waals surface area contributed by atoms with E-state index in [4.69, 9.17) is 16.3 Å². The monoisotopic (exact) mass is 556 g/mol. The summed E-state index contributed by atoms with van der Waals surface area (Å²) in [6.45, 7) is 4.49. The van der Waals surface area contributed by atoms with Crippen molar-refractivity contribution >= 4 is 34.5 Å². The number of fused-ring (bicyclic) bond motifs is 1. The number of aryl methyl sites for hydroxylation is 1. The van der Waals surface area contributed by atoms with Gasteiger partial charge in [0.25, 0.3) is 0 Å². The fourth-order valence-electron chi connectivity index (χ4n) is 5.67. The zero-order valence-electron chi connectivity index (χ0n) is 22.8. The van der Waals surface area contributed by atoms with E-state index in [0.717, 1.165) is 73.7 Å². The highest BCUT2D eigenvalue weighted by Crippen LogP contribution is 2.39. The van der Waals surface area contributed by atoms with Crippen LogP contribution in [0, 0.1) is 11.6 Å². The third kappa shape index (κ3) is 5.61. The number of piperidine rings is 1. The average molecular weight is 557 g/mol. The number of hydrogen-bond donors (Lipinski definition) is 1. The van der Waals surface area contributed by atoms with Gasteiger partial charge in [0.15, 0.2) is 5.82 Å². The third-order valence-electron chi connectivity index (χ3n) is 7.94. The number of hydrogen-bond acceptors (Lipinski definition) is 7. The quantitative estimate of drug-likeness (QED) is 0.347. The summed E-state index contributed by atoms with van der Waals surface area (Å²) in [5.74, 6) is 0.0826. The predicted octanol–water partition coefficient (Wildman–Crippen LogP) is 6.20. The van der Waals surface area contributed by atoms with Gasteiger partial charge in [0, 0.05) is 49.1 Å². The van der Waals surface area contributed by atoms with E-state index in [9.17, 15) is 8.78 Å². The molecule has 1 atom stereocenters. The van der Waals surface area contributed by atoms with Crippen LogP contribution >= 0.6 is 11.6 Å². The van der Waals surface area contributed by atoms with Crippen molar-refractivity contribution in [2.75, 3.05) is 56.0 Å². The van der Waals surface area contributed by atoms with Gasteiger partial charge in [0.1, 0.15) is 17.4 Å². The number of anilines is 4. The molecule has 2 aliphatic rings. The number of halogens is 3. The van der Waals surface area contributed by atoms with Gasteiger partial charge in [0.05, 0.1) is 35.2 Å². The Balaban J connectivity index is 1.38. The van der Waals surface area contributed by atoms with Crippen LogP contribution in [0.4, 0.5) is 31.7 Å². The summed E-state index contributed by atoms with van der Waals surface area (Å²) in [5, 5.41) is 12.0. The van der Waals surface area contributed by atoms with E-state index in [2.05, 4.69) is 45.5 Å². The highest BCUT2D eigenvalue weighted by Gasteiger charge is 2.29. The molecule has 3 aromatic rings. The molecule has 1 fully saturated rings. The van der Waals surface area contributed by atoms with Gasteiger partial charge in [-0.3, -0.25) is 0 Å². The molecule has 1 aromatic heterocycles. The second-order valence-corrected chi connectivity index (χ2v) is 10.9. The first-order chi connectivity index (χ1) is 18.8. The van der Waals surface area contributed by atoms with Crippen molar-refractivity contribution in [1.82, 2.24) is 15.1 Å². The lowest BCUT2D eigenvalue weighted by atomic mass is 10.0. The van der Waals surface area contributed by atoms with Gasteiger partial charge in [-0.1, -0.05) is 11.6 Å².